The molecular formula is C12H16N2O2. The number of likely N-dealkylation sites (N-methyl/N-ethyl adjacent to an activating group) is 1. The number of rotatable bonds is 3. The Kier molecular flexibility index (Phi) is 3.66. The molecule has 0 fully saturated rings. The van der Waals surface area contributed by atoms with E-state index in [1.54, 1.807) is 13.1 Å². The van der Waals surface area contributed by atoms with Gasteiger partial charge in [0, 0.05) is 12.6 Å². The van der Waals surface area contributed by atoms with Crippen molar-refractivity contribution in [1.29, 1.82) is 0 Å². The summed E-state index contributed by atoms with van der Waals surface area (Å²) in [7, 11) is 1.56. The van der Waals surface area contributed by atoms with Gasteiger partial charge in [0.15, 0.2) is 0 Å². The summed E-state index contributed by atoms with van der Waals surface area (Å²) in [4.78, 5) is 23.9. The van der Waals surface area contributed by atoms with Crippen molar-refractivity contribution in [2.75, 3.05) is 13.6 Å². The number of benzene rings is 1. The highest BCUT2D eigenvalue weighted by Gasteiger charge is 2.13. The topological polar surface area (TPSA) is 63.4 Å². The average Bonchev–Trinajstić information content (AvgIpc) is 2.20. The van der Waals surface area contributed by atoms with Crippen LogP contribution < -0.4 is 5.73 Å². The molecule has 0 radical (unpaired) electrons. The SMILES string of the molecule is Cc1ccc(C(=O)N(C)CC(N)=O)cc1C. The van der Waals surface area contributed by atoms with Crippen molar-refractivity contribution in [2.24, 2.45) is 5.73 Å². The van der Waals surface area contributed by atoms with Crippen LogP contribution in [0.4, 0.5) is 0 Å². The third-order valence-electron chi connectivity index (χ3n) is 2.49. The predicted molar refractivity (Wildman–Crippen MR) is 62.1 cm³/mol. The summed E-state index contributed by atoms with van der Waals surface area (Å²) < 4.78 is 0. The Labute approximate surface area is 95.0 Å². The lowest BCUT2D eigenvalue weighted by atomic mass is 10.1. The molecule has 0 aliphatic heterocycles. The fraction of sp³-hybridized carbons (Fsp3) is 0.333. The Morgan fingerprint density at radius 1 is 1.25 bits per heavy atom. The van der Waals surface area contributed by atoms with E-state index in [1.165, 1.54) is 4.90 Å². The molecule has 0 unspecified atom stereocenters. The lowest BCUT2D eigenvalue weighted by Gasteiger charge is -2.15. The van der Waals surface area contributed by atoms with E-state index in [-0.39, 0.29) is 12.5 Å². The first-order valence-electron chi connectivity index (χ1n) is 5.03. The first kappa shape index (κ1) is 12.2. The lowest BCUT2D eigenvalue weighted by molar-refractivity contribution is -0.118. The average molecular weight is 220 g/mol. The van der Waals surface area contributed by atoms with Crippen molar-refractivity contribution >= 4 is 11.8 Å². The van der Waals surface area contributed by atoms with Gasteiger partial charge in [0.05, 0.1) is 6.54 Å². The van der Waals surface area contributed by atoms with Crippen LogP contribution in [-0.2, 0) is 4.79 Å². The van der Waals surface area contributed by atoms with Crippen molar-refractivity contribution in [2.45, 2.75) is 13.8 Å². The quantitative estimate of drug-likeness (QED) is 0.821. The molecule has 0 atom stereocenters. The number of amides is 2. The molecule has 2 amide bonds. The maximum Gasteiger partial charge on any atom is 0.254 e. The van der Waals surface area contributed by atoms with Crippen molar-refractivity contribution in [3.8, 4) is 0 Å². The summed E-state index contributed by atoms with van der Waals surface area (Å²) in [6.07, 6.45) is 0. The molecule has 2 N–H and O–H groups in total. The Morgan fingerprint density at radius 3 is 2.38 bits per heavy atom. The number of carbonyl (C=O) groups excluding carboxylic acids is 2. The number of nitrogens with two attached hydrogens (primary N) is 1. The number of hydrogen-bond donors (Lipinski definition) is 1. The summed E-state index contributed by atoms with van der Waals surface area (Å²) in [5.74, 6) is -0.707. The van der Waals surface area contributed by atoms with Gasteiger partial charge in [-0.1, -0.05) is 6.07 Å². The Bertz CT molecular complexity index is 427. The summed E-state index contributed by atoms with van der Waals surface area (Å²) >= 11 is 0. The lowest BCUT2D eigenvalue weighted by Crippen LogP contribution is -2.35. The molecule has 4 nitrogen and oxygen atoms in total. The normalized spacial score (nSPS) is 9.94. The van der Waals surface area contributed by atoms with Crippen LogP contribution in [0.3, 0.4) is 0 Å². The maximum absolute atomic E-state index is 11.9. The second-order valence-corrected chi connectivity index (χ2v) is 3.93. The Morgan fingerprint density at radius 2 is 1.88 bits per heavy atom. The van der Waals surface area contributed by atoms with Crippen LogP contribution in [0.5, 0.6) is 0 Å². The smallest absolute Gasteiger partial charge is 0.254 e. The minimum absolute atomic E-state index is 0.0637. The molecule has 0 heterocycles. The Balaban J connectivity index is 2.88. The van der Waals surface area contributed by atoms with Gasteiger partial charge >= 0.3 is 0 Å². The van der Waals surface area contributed by atoms with E-state index in [9.17, 15) is 9.59 Å². The third kappa shape index (κ3) is 2.82. The van der Waals surface area contributed by atoms with Gasteiger partial charge in [-0.05, 0) is 37.1 Å². The van der Waals surface area contributed by atoms with Gasteiger partial charge in [-0.3, -0.25) is 9.59 Å². The third-order valence-corrected chi connectivity index (χ3v) is 2.49. The molecule has 0 saturated heterocycles. The number of nitrogens with zero attached hydrogens (tertiary/aromatic N) is 1. The summed E-state index contributed by atoms with van der Waals surface area (Å²) in [6, 6.07) is 5.46. The first-order valence-corrected chi connectivity index (χ1v) is 5.03. The summed E-state index contributed by atoms with van der Waals surface area (Å²) in [6.45, 7) is 3.86. The molecule has 0 aromatic heterocycles. The van der Waals surface area contributed by atoms with Crippen LogP contribution in [-0.4, -0.2) is 30.3 Å². The largest absolute Gasteiger partial charge is 0.368 e. The van der Waals surface area contributed by atoms with Gasteiger partial charge in [0.1, 0.15) is 0 Å². The zero-order valence-electron chi connectivity index (χ0n) is 9.78. The van der Waals surface area contributed by atoms with Crippen molar-refractivity contribution < 1.29 is 9.59 Å². The predicted octanol–water partition coefficient (Wildman–Crippen LogP) is 0.861. The molecule has 0 aliphatic carbocycles. The first-order chi connectivity index (χ1) is 7.41. The van der Waals surface area contributed by atoms with Crippen molar-refractivity contribution in [1.82, 2.24) is 4.90 Å². The minimum atomic E-state index is -0.514. The summed E-state index contributed by atoms with van der Waals surface area (Å²) in [5, 5.41) is 0. The van der Waals surface area contributed by atoms with E-state index >= 15 is 0 Å². The number of aryl methyl sites for hydroxylation is 2. The fourth-order valence-electron chi connectivity index (χ4n) is 1.40. The van der Waals surface area contributed by atoms with Crippen molar-refractivity contribution in [3.63, 3.8) is 0 Å². The maximum atomic E-state index is 11.9. The van der Waals surface area contributed by atoms with E-state index in [1.807, 2.05) is 26.0 Å². The molecule has 0 aliphatic rings. The molecule has 86 valence electrons. The zero-order chi connectivity index (χ0) is 12.3. The van der Waals surface area contributed by atoms with Crippen LogP contribution in [0.1, 0.15) is 21.5 Å². The van der Waals surface area contributed by atoms with Crippen LogP contribution in [0, 0.1) is 13.8 Å². The van der Waals surface area contributed by atoms with Crippen LogP contribution >= 0.6 is 0 Å². The van der Waals surface area contributed by atoms with E-state index in [0.717, 1.165) is 11.1 Å². The number of hydrogen-bond acceptors (Lipinski definition) is 2. The highest BCUT2D eigenvalue weighted by molar-refractivity contribution is 5.96. The summed E-state index contributed by atoms with van der Waals surface area (Å²) in [5.41, 5.74) is 7.79. The molecule has 0 bridgehead atoms. The van der Waals surface area contributed by atoms with Crippen LogP contribution in [0.15, 0.2) is 18.2 Å². The van der Waals surface area contributed by atoms with Gasteiger partial charge in [-0.2, -0.15) is 0 Å². The number of carbonyl (C=O) groups is 2. The highest BCUT2D eigenvalue weighted by Crippen LogP contribution is 2.11. The van der Waals surface area contributed by atoms with E-state index < -0.39 is 5.91 Å². The monoisotopic (exact) mass is 220 g/mol. The zero-order valence-corrected chi connectivity index (χ0v) is 9.78. The molecular weight excluding hydrogens is 204 g/mol. The molecule has 1 rings (SSSR count). The highest BCUT2D eigenvalue weighted by atomic mass is 16.2. The second-order valence-electron chi connectivity index (χ2n) is 3.93. The van der Waals surface area contributed by atoms with Gasteiger partial charge < -0.3 is 10.6 Å². The molecule has 1 aromatic rings. The van der Waals surface area contributed by atoms with E-state index in [0.29, 0.717) is 5.56 Å². The number of primary amides is 1. The Hall–Kier alpha value is -1.84. The minimum Gasteiger partial charge on any atom is -0.368 e. The van der Waals surface area contributed by atoms with Crippen LogP contribution in [0.2, 0.25) is 0 Å². The molecule has 1 aromatic carbocycles. The molecule has 4 heteroatoms. The van der Waals surface area contributed by atoms with E-state index in [4.69, 9.17) is 5.73 Å². The van der Waals surface area contributed by atoms with Crippen molar-refractivity contribution in [3.05, 3.63) is 34.9 Å². The van der Waals surface area contributed by atoms with Gasteiger partial charge in [0.25, 0.3) is 5.91 Å². The second kappa shape index (κ2) is 4.79. The van der Waals surface area contributed by atoms with E-state index in [2.05, 4.69) is 0 Å². The van der Waals surface area contributed by atoms with Gasteiger partial charge in [-0.15, -0.1) is 0 Å². The molecule has 0 saturated carbocycles. The molecule has 0 spiro atoms. The van der Waals surface area contributed by atoms with Gasteiger partial charge in [-0.25, -0.2) is 0 Å². The van der Waals surface area contributed by atoms with Gasteiger partial charge in [0.2, 0.25) is 5.91 Å². The standard InChI is InChI=1S/C12H16N2O2/c1-8-4-5-10(6-9(8)2)12(16)14(3)7-11(13)15/h4-6H,7H2,1-3H3,(H2,13,15). The fourth-order valence-corrected chi connectivity index (χ4v) is 1.40. The van der Waals surface area contributed by atoms with Crippen LogP contribution in [0.25, 0.3) is 0 Å². The molecule has 16 heavy (non-hydrogen) atoms.